The standard InChI is InChI=1S/C6H11NOS2.CHNS/c1-10(8)5-3-2-4-7-6-9;2-1-3/h2-5H2,1H3;2H/t10-;/m1./s1. The zero-order chi connectivity index (χ0) is 10.5. The minimum Gasteiger partial charge on any atom is -0.617 e. The van der Waals surface area contributed by atoms with Crippen LogP contribution in [0, 0.1) is 5.41 Å². The second-order valence-electron chi connectivity index (χ2n) is 2.06. The van der Waals surface area contributed by atoms with Gasteiger partial charge in [0.2, 0.25) is 0 Å². The number of hydrogen-bond donors (Lipinski definition) is 1. The zero-order valence-corrected chi connectivity index (χ0v) is 9.86. The monoisotopic (exact) mass is 236 g/mol. The quantitative estimate of drug-likeness (QED) is 0.343. The van der Waals surface area contributed by atoms with E-state index in [9.17, 15) is 4.55 Å². The van der Waals surface area contributed by atoms with Crippen molar-refractivity contribution in [1.29, 1.82) is 5.41 Å². The lowest BCUT2D eigenvalue weighted by Gasteiger charge is -2.01. The lowest BCUT2D eigenvalue weighted by Crippen LogP contribution is -2.02. The highest BCUT2D eigenvalue weighted by atomic mass is 32.2. The van der Waals surface area contributed by atoms with Gasteiger partial charge in [-0.25, -0.2) is 10.4 Å². The second-order valence-corrected chi connectivity index (χ2v) is 4.00. The summed E-state index contributed by atoms with van der Waals surface area (Å²) in [5, 5.41) is 9.64. The van der Waals surface area contributed by atoms with Gasteiger partial charge >= 0.3 is 0 Å². The number of thiocarbonyl (C=S) groups is 2. The lowest BCUT2D eigenvalue weighted by molar-refractivity contribution is 0.596. The van der Waals surface area contributed by atoms with Gasteiger partial charge in [-0.2, -0.15) is 0 Å². The van der Waals surface area contributed by atoms with Gasteiger partial charge in [0.05, 0.1) is 16.6 Å². The van der Waals surface area contributed by atoms with Crippen LogP contribution in [0.2, 0.25) is 0 Å². The van der Waals surface area contributed by atoms with Gasteiger partial charge in [-0.1, -0.05) is 11.2 Å². The number of rotatable bonds is 5. The third-order valence-corrected chi connectivity index (χ3v) is 2.01. The van der Waals surface area contributed by atoms with Crippen LogP contribution in [0.1, 0.15) is 12.8 Å². The first-order valence-electron chi connectivity index (χ1n) is 3.56. The molecule has 0 radical (unpaired) electrons. The summed E-state index contributed by atoms with van der Waals surface area (Å²) < 4.78 is 10.5. The summed E-state index contributed by atoms with van der Waals surface area (Å²) in [6, 6.07) is 0. The molecule has 3 nitrogen and oxygen atoms in total. The minimum absolute atomic E-state index is 0.659. The average molecular weight is 236 g/mol. The van der Waals surface area contributed by atoms with Gasteiger partial charge in [0.1, 0.15) is 5.75 Å². The van der Waals surface area contributed by atoms with Crippen LogP contribution in [-0.2, 0) is 11.2 Å². The third kappa shape index (κ3) is 24.5. The van der Waals surface area contributed by atoms with Crippen molar-refractivity contribution in [3.63, 3.8) is 0 Å². The van der Waals surface area contributed by atoms with E-state index < -0.39 is 11.2 Å². The predicted octanol–water partition coefficient (Wildman–Crippen LogP) is 1.92. The van der Waals surface area contributed by atoms with E-state index in [1.807, 2.05) is 0 Å². The van der Waals surface area contributed by atoms with E-state index in [-0.39, 0.29) is 0 Å². The molecule has 0 aromatic rings. The molecule has 0 aromatic carbocycles. The Bertz CT molecular complexity index is 184. The molecule has 13 heavy (non-hydrogen) atoms. The van der Waals surface area contributed by atoms with Gasteiger partial charge < -0.3 is 4.55 Å². The number of hydrogen-bond acceptors (Lipinski definition) is 5. The van der Waals surface area contributed by atoms with Crippen LogP contribution < -0.4 is 0 Å². The van der Waals surface area contributed by atoms with Crippen molar-refractivity contribution in [3.05, 3.63) is 0 Å². The first kappa shape index (κ1) is 15.4. The molecule has 0 fully saturated rings. The number of unbranched alkanes of at least 4 members (excludes halogenated alkanes) is 1. The molecule has 74 valence electrons. The molecular weight excluding hydrogens is 224 g/mol. The molecule has 0 bridgehead atoms. The van der Waals surface area contributed by atoms with Crippen LogP contribution in [0.4, 0.5) is 0 Å². The fourth-order valence-electron chi connectivity index (χ4n) is 0.542. The van der Waals surface area contributed by atoms with Crippen LogP contribution in [0.25, 0.3) is 0 Å². The predicted molar refractivity (Wildman–Crippen MR) is 63.4 cm³/mol. The second kappa shape index (κ2) is 14.4. The molecule has 0 aromatic heterocycles. The summed E-state index contributed by atoms with van der Waals surface area (Å²) in [4.78, 5) is 3.73. The summed E-state index contributed by atoms with van der Waals surface area (Å²) in [5.41, 5.74) is 0. The van der Waals surface area contributed by atoms with Crippen LogP contribution >= 0.6 is 24.4 Å². The van der Waals surface area contributed by atoms with E-state index in [4.69, 9.17) is 5.41 Å². The molecule has 0 saturated heterocycles. The van der Waals surface area contributed by atoms with E-state index in [2.05, 4.69) is 34.6 Å². The maximum absolute atomic E-state index is 10.5. The highest BCUT2D eigenvalue weighted by Crippen LogP contribution is 1.93. The molecule has 0 saturated carbocycles. The Hall–Kier alpha value is -0.0900. The molecule has 0 aliphatic carbocycles. The Labute approximate surface area is 92.3 Å². The molecule has 0 rings (SSSR count). The summed E-state index contributed by atoms with van der Waals surface area (Å²) in [7, 11) is 0. The van der Waals surface area contributed by atoms with E-state index in [1.165, 1.54) is 0 Å². The first-order chi connectivity index (χ1) is 6.18. The van der Waals surface area contributed by atoms with Gasteiger partial charge in [0, 0.05) is 6.54 Å². The van der Waals surface area contributed by atoms with Crippen molar-refractivity contribution >= 4 is 45.9 Å². The average Bonchev–Trinajstić information content (AvgIpc) is 2.05. The van der Waals surface area contributed by atoms with Gasteiger partial charge in [-0.3, -0.25) is 0 Å². The lowest BCUT2D eigenvalue weighted by atomic mass is 10.3. The molecule has 0 aliphatic heterocycles. The summed E-state index contributed by atoms with van der Waals surface area (Å²) in [5.74, 6) is 0.771. The Morgan fingerprint density at radius 2 is 2.00 bits per heavy atom. The maximum Gasteiger partial charge on any atom is 0.105 e. The number of isothiocyanates is 2. The molecule has 1 N–H and O–H groups in total. The van der Waals surface area contributed by atoms with E-state index in [1.54, 1.807) is 11.4 Å². The van der Waals surface area contributed by atoms with Gasteiger partial charge in [-0.05, 0) is 37.3 Å². The highest BCUT2D eigenvalue weighted by molar-refractivity contribution is 7.90. The van der Waals surface area contributed by atoms with E-state index in [0.29, 0.717) is 0 Å². The highest BCUT2D eigenvalue weighted by Gasteiger charge is 1.94. The molecule has 0 spiro atoms. The molecule has 1 atom stereocenters. The van der Waals surface area contributed by atoms with Gasteiger partial charge in [-0.15, -0.1) is 0 Å². The van der Waals surface area contributed by atoms with Crippen LogP contribution in [-0.4, -0.2) is 33.4 Å². The van der Waals surface area contributed by atoms with Crippen LogP contribution in [0.3, 0.4) is 0 Å². The molecule has 0 unspecified atom stereocenters. The number of aliphatic imine (C=N–C) groups is 1. The zero-order valence-electron chi connectivity index (χ0n) is 7.41. The van der Waals surface area contributed by atoms with Crippen molar-refractivity contribution in [2.75, 3.05) is 18.6 Å². The summed E-state index contributed by atoms with van der Waals surface area (Å²) in [6.07, 6.45) is 3.63. The Morgan fingerprint density at radius 3 is 2.38 bits per heavy atom. The summed E-state index contributed by atoms with van der Waals surface area (Å²) in [6.45, 7) is 0.723. The van der Waals surface area contributed by atoms with E-state index in [0.717, 1.165) is 25.1 Å². The molecule has 0 heterocycles. The maximum atomic E-state index is 10.5. The first-order valence-corrected chi connectivity index (χ1v) is 6.11. The Morgan fingerprint density at radius 1 is 1.46 bits per heavy atom. The topological polar surface area (TPSA) is 59.3 Å². The van der Waals surface area contributed by atoms with Crippen molar-refractivity contribution in [3.8, 4) is 0 Å². The van der Waals surface area contributed by atoms with E-state index >= 15 is 0 Å². The molecule has 0 amide bonds. The van der Waals surface area contributed by atoms with Crippen molar-refractivity contribution in [2.24, 2.45) is 4.99 Å². The Balaban J connectivity index is 0. The molecular formula is C7H12N2OS3. The molecule has 6 heteroatoms. The fourth-order valence-corrected chi connectivity index (χ4v) is 1.24. The van der Waals surface area contributed by atoms with Crippen LogP contribution in [0.15, 0.2) is 4.99 Å². The number of nitrogens with zero attached hydrogens (tertiary/aromatic N) is 1. The van der Waals surface area contributed by atoms with Gasteiger partial charge in [0.25, 0.3) is 0 Å². The largest absolute Gasteiger partial charge is 0.617 e. The van der Waals surface area contributed by atoms with Crippen molar-refractivity contribution < 1.29 is 4.55 Å². The van der Waals surface area contributed by atoms with Gasteiger partial charge in [0.15, 0.2) is 0 Å². The van der Waals surface area contributed by atoms with Crippen molar-refractivity contribution in [1.82, 2.24) is 0 Å². The van der Waals surface area contributed by atoms with Crippen molar-refractivity contribution in [2.45, 2.75) is 12.8 Å². The fraction of sp³-hybridized carbons (Fsp3) is 0.714. The SMILES string of the molecule is C[S@@+]([O-])CCCCN=C=S.N=C=S. The number of nitrogens with one attached hydrogen (secondary N) is 1. The minimum atomic E-state index is -0.659. The molecule has 0 aliphatic rings. The summed E-state index contributed by atoms with van der Waals surface area (Å²) >= 11 is 7.53. The van der Waals surface area contributed by atoms with Crippen LogP contribution in [0.5, 0.6) is 0 Å². The normalized spacial score (nSPS) is 10.0. The third-order valence-electron chi connectivity index (χ3n) is 1.02. The smallest absolute Gasteiger partial charge is 0.105 e. The Kier molecular flexibility index (Phi) is 17.1.